The van der Waals surface area contributed by atoms with Crippen molar-refractivity contribution in [1.29, 1.82) is 0 Å². The first-order valence-corrected chi connectivity index (χ1v) is 7.57. The van der Waals surface area contributed by atoms with Gasteiger partial charge in [-0.1, -0.05) is 13.0 Å². The van der Waals surface area contributed by atoms with Crippen molar-refractivity contribution in [2.75, 3.05) is 13.2 Å². The molecule has 106 valence electrons. The smallest absolute Gasteiger partial charge is 0.0575 e. The quantitative estimate of drug-likeness (QED) is 0.853. The molecule has 3 nitrogen and oxygen atoms in total. The summed E-state index contributed by atoms with van der Waals surface area (Å²) in [5.74, 6) is 0. The first-order valence-electron chi connectivity index (χ1n) is 7.57. The maximum Gasteiger partial charge on any atom is 0.0575 e. The molecular weight excluding hydrogens is 236 g/mol. The highest BCUT2D eigenvalue weighted by Crippen LogP contribution is 2.23. The minimum atomic E-state index is 0.406. The first kappa shape index (κ1) is 14.5. The third kappa shape index (κ3) is 4.59. The number of hydrogen-bond donors (Lipinski definition) is 1. The summed E-state index contributed by atoms with van der Waals surface area (Å²) < 4.78 is 5.82. The van der Waals surface area contributed by atoms with Crippen molar-refractivity contribution >= 4 is 0 Å². The van der Waals surface area contributed by atoms with Crippen LogP contribution in [0.4, 0.5) is 0 Å². The van der Waals surface area contributed by atoms with Crippen LogP contribution in [0.2, 0.25) is 0 Å². The van der Waals surface area contributed by atoms with E-state index in [4.69, 9.17) is 4.74 Å². The Bertz CT molecular complexity index is 358. The van der Waals surface area contributed by atoms with Crippen molar-refractivity contribution in [1.82, 2.24) is 10.3 Å². The van der Waals surface area contributed by atoms with Gasteiger partial charge in [0.2, 0.25) is 0 Å². The number of hydrogen-bond acceptors (Lipinski definition) is 3. The SMILES string of the molecule is CCNC(CCC1CCCCO1)c1ccc(C)nc1. The summed E-state index contributed by atoms with van der Waals surface area (Å²) in [6.45, 7) is 6.13. The zero-order chi connectivity index (χ0) is 13.5. The highest BCUT2D eigenvalue weighted by atomic mass is 16.5. The number of aryl methyl sites for hydroxylation is 1. The molecule has 0 bridgehead atoms. The molecule has 2 heterocycles. The molecule has 0 radical (unpaired) electrons. The third-order valence-electron chi connectivity index (χ3n) is 3.84. The summed E-state index contributed by atoms with van der Waals surface area (Å²) in [6.07, 6.45) is 8.52. The molecule has 1 aromatic rings. The van der Waals surface area contributed by atoms with E-state index in [1.165, 1.54) is 24.8 Å². The van der Waals surface area contributed by atoms with Gasteiger partial charge < -0.3 is 10.1 Å². The molecule has 0 aromatic carbocycles. The fourth-order valence-electron chi connectivity index (χ4n) is 2.71. The molecule has 19 heavy (non-hydrogen) atoms. The first-order chi connectivity index (χ1) is 9.29. The Morgan fingerprint density at radius 1 is 1.42 bits per heavy atom. The number of nitrogens with zero attached hydrogens (tertiary/aromatic N) is 1. The summed E-state index contributed by atoms with van der Waals surface area (Å²) in [5, 5.41) is 3.56. The average molecular weight is 262 g/mol. The van der Waals surface area contributed by atoms with Gasteiger partial charge in [-0.05, 0) is 57.2 Å². The van der Waals surface area contributed by atoms with Crippen LogP contribution in [-0.2, 0) is 4.74 Å². The maximum atomic E-state index is 5.82. The normalized spacial score (nSPS) is 21.3. The molecule has 2 atom stereocenters. The van der Waals surface area contributed by atoms with Gasteiger partial charge in [-0.25, -0.2) is 0 Å². The standard InChI is InChI=1S/C16H26N2O/c1-3-17-16(14-8-7-13(2)18-12-14)10-9-15-6-4-5-11-19-15/h7-8,12,15-17H,3-6,9-11H2,1-2H3. The molecule has 1 aliphatic rings. The minimum absolute atomic E-state index is 0.406. The molecular formula is C16H26N2O. The maximum absolute atomic E-state index is 5.82. The van der Waals surface area contributed by atoms with E-state index in [1.807, 2.05) is 13.1 Å². The Morgan fingerprint density at radius 2 is 2.32 bits per heavy atom. The van der Waals surface area contributed by atoms with Crippen molar-refractivity contribution in [3.8, 4) is 0 Å². The van der Waals surface area contributed by atoms with E-state index < -0.39 is 0 Å². The van der Waals surface area contributed by atoms with Crippen LogP contribution in [-0.4, -0.2) is 24.2 Å². The Labute approximate surface area is 116 Å². The third-order valence-corrected chi connectivity index (χ3v) is 3.84. The zero-order valence-electron chi connectivity index (χ0n) is 12.2. The van der Waals surface area contributed by atoms with Gasteiger partial charge in [0.1, 0.15) is 0 Å². The van der Waals surface area contributed by atoms with Crippen LogP contribution in [0, 0.1) is 6.92 Å². The number of aromatic nitrogens is 1. The van der Waals surface area contributed by atoms with E-state index in [1.54, 1.807) is 0 Å². The van der Waals surface area contributed by atoms with E-state index in [2.05, 4.69) is 29.4 Å². The molecule has 0 spiro atoms. The van der Waals surface area contributed by atoms with Gasteiger partial charge in [0.05, 0.1) is 6.10 Å². The molecule has 0 saturated carbocycles. The van der Waals surface area contributed by atoms with Crippen LogP contribution in [0.3, 0.4) is 0 Å². The predicted octanol–water partition coefficient (Wildman–Crippen LogP) is 3.39. The lowest BCUT2D eigenvalue weighted by Crippen LogP contribution is -2.25. The van der Waals surface area contributed by atoms with E-state index in [0.29, 0.717) is 12.1 Å². The van der Waals surface area contributed by atoms with Gasteiger partial charge in [-0.3, -0.25) is 4.98 Å². The second-order valence-electron chi connectivity index (χ2n) is 5.41. The Kier molecular flexibility index (Phi) is 5.80. The Balaban J connectivity index is 1.89. The van der Waals surface area contributed by atoms with Crippen molar-refractivity contribution in [2.45, 2.75) is 58.1 Å². The number of nitrogens with one attached hydrogen (secondary N) is 1. The lowest BCUT2D eigenvalue weighted by Gasteiger charge is -2.25. The lowest BCUT2D eigenvalue weighted by atomic mass is 9.98. The minimum Gasteiger partial charge on any atom is -0.378 e. The molecule has 2 rings (SSSR count). The van der Waals surface area contributed by atoms with Crippen LogP contribution < -0.4 is 5.32 Å². The van der Waals surface area contributed by atoms with Crippen LogP contribution in [0.5, 0.6) is 0 Å². The summed E-state index contributed by atoms with van der Waals surface area (Å²) >= 11 is 0. The fraction of sp³-hybridized carbons (Fsp3) is 0.688. The highest BCUT2D eigenvalue weighted by molar-refractivity contribution is 5.17. The van der Waals surface area contributed by atoms with Gasteiger partial charge in [-0.2, -0.15) is 0 Å². The summed E-state index contributed by atoms with van der Waals surface area (Å²) in [7, 11) is 0. The molecule has 1 aromatic heterocycles. The van der Waals surface area contributed by atoms with E-state index in [0.717, 1.165) is 31.7 Å². The number of ether oxygens (including phenoxy) is 1. The number of pyridine rings is 1. The van der Waals surface area contributed by atoms with Crippen molar-refractivity contribution in [2.24, 2.45) is 0 Å². The monoisotopic (exact) mass is 262 g/mol. The van der Waals surface area contributed by atoms with Gasteiger partial charge in [0, 0.05) is 24.5 Å². The largest absolute Gasteiger partial charge is 0.378 e. The van der Waals surface area contributed by atoms with Gasteiger partial charge in [0.15, 0.2) is 0 Å². The lowest BCUT2D eigenvalue weighted by molar-refractivity contribution is 0.00856. The van der Waals surface area contributed by atoms with Gasteiger partial charge in [0.25, 0.3) is 0 Å². The number of rotatable bonds is 6. The van der Waals surface area contributed by atoms with Crippen molar-refractivity contribution < 1.29 is 4.74 Å². The van der Waals surface area contributed by atoms with E-state index >= 15 is 0 Å². The second kappa shape index (κ2) is 7.61. The van der Waals surface area contributed by atoms with Gasteiger partial charge >= 0.3 is 0 Å². The Hall–Kier alpha value is -0.930. The second-order valence-corrected chi connectivity index (χ2v) is 5.41. The van der Waals surface area contributed by atoms with Crippen LogP contribution in [0.15, 0.2) is 18.3 Å². The molecule has 0 amide bonds. The molecule has 1 aliphatic heterocycles. The molecule has 1 fully saturated rings. The zero-order valence-corrected chi connectivity index (χ0v) is 12.2. The average Bonchev–Trinajstić information content (AvgIpc) is 2.46. The van der Waals surface area contributed by atoms with E-state index in [-0.39, 0.29) is 0 Å². The Morgan fingerprint density at radius 3 is 2.95 bits per heavy atom. The molecule has 0 aliphatic carbocycles. The fourth-order valence-corrected chi connectivity index (χ4v) is 2.71. The topological polar surface area (TPSA) is 34.1 Å². The van der Waals surface area contributed by atoms with Crippen LogP contribution >= 0.6 is 0 Å². The predicted molar refractivity (Wildman–Crippen MR) is 78.2 cm³/mol. The van der Waals surface area contributed by atoms with Crippen LogP contribution in [0.25, 0.3) is 0 Å². The summed E-state index contributed by atoms with van der Waals surface area (Å²) in [6, 6.07) is 4.69. The molecule has 1 N–H and O–H groups in total. The summed E-state index contributed by atoms with van der Waals surface area (Å²) in [4.78, 5) is 4.41. The van der Waals surface area contributed by atoms with Gasteiger partial charge in [-0.15, -0.1) is 0 Å². The summed E-state index contributed by atoms with van der Waals surface area (Å²) in [5.41, 5.74) is 2.37. The highest BCUT2D eigenvalue weighted by Gasteiger charge is 2.17. The molecule has 3 heteroatoms. The molecule has 2 unspecified atom stereocenters. The van der Waals surface area contributed by atoms with Crippen molar-refractivity contribution in [3.05, 3.63) is 29.6 Å². The van der Waals surface area contributed by atoms with E-state index in [9.17, 15) is 0 Å². The van der Waals surface area contributed by atoms with Crippen LogP contribution in [0.1, 0.15) is 56.3 Å². The molecule has 1 saturated heterocycles. The van der Waals surface area contributed by atoms with Crippen molar-refractivity contribution in [3.63, 3.8) is 0 Å².